The van der Waals surface area contributed by atoms with Crippen molar-refractivity contribution in [1.29, 1.82) is 0 Å². The van der Waals surface area contributed by atoms with E-state index in [2.05, 4.69) is 0 Å². The largest absolute Gasteiger partial charge is 0.460 e. The van der Waals surface area contributed by atoms with Gasteiger partial charge in [0.25, 0.3) is 0 Å². The van der Waals surface area contributed by atoms with Crippen LogP contribution < -0.4 is 4.57 Å². The Labute approximate surface area is 299 Å². The van der Waals surface area contributed by atoms with Crippen molar-refractivity contribution in [3.63, 3.8) is 0 Å². The van der Waals surface area contributed by atoms with E-state index in [0.717, 1.165) is 0 Å². The van der Waals surface area contributed by atoms with Crippen LogP contribution in [0.1, 0.15) is 12.8 Å². The van der Waals surface area contributed by atoms with E-state index in [-0.39, 0.29) is 27.9 Å². The Balaban J connectivity index is 3.39. The quantitative estimate of drug-likeness (QED) is 0.102. The average Bonchev–Trinajstić information content (AvgIpc) is 3.48. The first-order chi connectivity index (χ1) is 25.2. The molecule has 59 heavy (non-hydrogen) atoms. The van der Waals surface area contributed by atoms with Gasteiger partial charge in [0.05, 0.1) is 25.9 Å². The van der Waals surface area contributed by atoms with Gasteiger partial charge in [-0.15, -0.1) is 0 Å². The lowest BCUT2D eigenvalue weighted by atomic mass is 9.88. The van der Waals surface area contributed by atoms with Crippen molar-refractivity contribution in [2.45, 2.75) is 121 Å². The van der Waals surface area contributed by atoms with Crippen LogP contribution in [0.15, 0.2) is 18.7 Å². The predicted octanol–water partition coefficient (Wildman–Crippen LogP) is 11.6. The van der Waals surface area contributed by atoms with Crippen molar-refractivity contribution in [3.05, 3.63) is 18.7 Å². The first-order valence-corrected chi connectivity index (χ1v) is 13.6. The molecule has 0 bridgehead atoms. The molecule has 0 fully saturated rings. The number of nitrogens with zero attached hydrogens (tertiary/aromatic N) is 2. The van der Waals surface area contributed by atoms with Gasteiger partial charge < -0.3 is 0 Å². The fourth-order valence-electron chi connectivity index (χ4n) is 3.95. The van der Waals surface area contributed by atoms with E-state index in [9.17, 15) is 149 Å². The molecule has 0 saturated heterocycles. The maximum Gasteiger partial charge on any atom is 0.460 e. The van der Waals surface area contributed by atoms with Gasteiger partial charge in [0.2, 0.25) is 6.33 Å². The van der Waals surface area contributed by atoms with Gasteiger partial charge in [-0.2, -0.15) is 149 Å². The topological polar surface area (TPSA) is 8.81 Å². The molecule has 1 aromatic heterocycles. The van der Waals surface area contributed by atoms with Gasteiger partial charge in [0.15, 0.2) is 0 Å². The monoisotopic (exact) mass is 961 g/mol. The summed E-state index contributed by atoms with van der Waals surface area (Å²) < 4.78 is 454. The fourth-order valence-corrected chi connectivity index (χ4v) is 3.95. The van der Waals surface area contributed by atoms with Crippen molar-refractivity contribution in [3.8, 4) is 0 Å². The molecule has 0 aliphatic carbocycles. The number of aryl methyl sites for hydroxylation is 2. The van der Waals surface area contributed by atoms with E-state index in [1.54, 1.807) is 0 Å². The third-order valence-corrected chi connectivity index (χ3v) is 7.69. The van der Waals surface area contributed by atoms with E-state index >= 15 is 0 Å². The Bertz CT molecular complexity index is 1510. The predicted molar refractivity (Wildman–Crippen MR) is 115 cm³/mol. The van der Waals surface area contributed by atoms with Crippen LogP contribution in [-0.4, -0.2) is 99.8 Å². The zero-order valence-corrected chi connectivity index (χ0v) is 26.3. The standard InChI is InChI=1S/C23H11F34N2/c24-8(25,10(28,29)12(32,33)14(36,37)16(40,41)18(44,45)20(48,49)22(52,53)54)1-3-58-5-6-59(7-58)4-2-9(26,27)11(30,31)13(34,35)15(38,39)17(42,43)19(46,47)21(50,51)23(55,56)57/h5-7H,1-4H2/q+1. The van der Waals surface area contributed by atoms with Crippen LogP contribution in [0, 0.1) is 0 Å². The summed E-state index contributed by atoms with van der Waals surface area (Å²) in [4.78, 5) is 0. The summed E-state index contributed by atoms with van der Waals surface area (Å²) in [7, 11) is 0. The van der Waals surface area contributed by atoms with E-state index in [0.29, 0.717) is 0 Å². The summed E-state index contributed by atoms with van der Waals surface area (Å²) in [6.45, 7) is -4.47. The molecule has 0 amide bonds. The molecule has 0 spiro atoms. The molecule has 36 heteroatoms. The van der Waals surface area contributed by atoms with Crippen molar-refractivity contribution in [2.75, 3.05) is 0 Å². The highest BCUT2D eigenvalue weighted by molar-refractivity contribution is 5.16. The molecular formula is C23H11F34N2+. The third-order valence-electron chi connectivity index (χ3n) is 7.69. The molecular weight excluding hydrogens is 950 g/mol. The molecule has 0 aromatic carbocycles. The van der Waals surface area contributed by atoms with Crippen LogP contribution in [0.5, 0.6) is 0 Å². The smallest absolute Gasteiger partial charge is 0.237 e. The first-order valence-electron chi connectivity index (χ1n) is 13.6. The van der Waals surface area contributed by atoms with Crippen LogP contribution in [0.4, 0.5) is 149 Å². The van der Waals surface area contributed by atoms with Crippen LogP contribution in [0.25, 0.3) is 0 Å². The minimum atomic E-state index is -8.99. The molecule has 350 valence electrons. The fraction of sp³-hybridized carbons (Fsp3) is 0.870. The minimum Gasteiger partial charge on any atom is -0.237 e. The van der Waals surface area contributed by atoms with Crippen molar-refractivity contribution < 1.29 is 154 Å². The second-order valence-corrected chi connectivity index (χ2v) is 11.7. The summed E-state index contributed by atoms with van der Waals surface area (Å²) >= 11 is 0. The van der Waals surface area contributed by atoms with Gasteiger partial charge in [-0.3, -0.25) is 0 Å². The van der Waals surface area contributed by atoms with Crippen molar-refractivity contribution in [1.82, 2.24) is 4.57 Å². The first kappa shape index (κ1) is 53.8. The highest BCUT2D eigenvalue weighted by atomic mass is 19.4. The number of aromatic nitrogens is 2. The van der Waals surface area contributed by atoms with Crippen LogP contribution in [0.3, 0.4) is 0 Å². The molecule has 0 N–H and O–H groups in total. The lowest BCUT2D eigenvalue weighted by Crippen LogP contribution is -2.74. The Morgan fingerprint density at radius 2 is 0.542 bits per heavy atom. The summed E-state index contributed by atoms with van der Waals surface area (Å²) in [5.41, 5.74) is 0. The molecule has 0 radical (unpaired) electrons. The molecule has 1 aromatic rings. The number of hydrogen-bond donors (Lipinski definition) is 0. The van der Waals surface area contributed by atoms with Crippen LogP contribution >= 0.6 is 0 Å². The molecule has 0 saturated carbocycles. The number of rotatable bonds is 18. The zero-order valence-electron chi connectivity index (χ0n) is 26.3. The van der Waals surface area contributed by atoms with Gasteiger partial charge in [-0.05, 0) is 0 Å². The van der Waals surface area contributed by atoms with Crippen molar-refractivity contribution >= 4 is 0 Å². The summed E-state index contributed by atoms with van der Waals surface area (Å²) in [5, 5.41) is 0. The average molecular weight is 961 g/mol. The maximum atomic E-state index is 14.1. The summed E-state index contributed by atoms with van der Waals surface area (Å²) in [6, 6.07) is 0. The normalized spacial score (nSPS) is 16.6. The number of hydrogen-bond acceptors (Lipinski definition) is 0. The van der Waals surface area contributed by atoms with Gasteiger partial charge in [-0.1, -0.05) is 0 Å². The van der Waals surface area contributed by atoms with Gasteiger partial charge >= 0.3 is 95.3 Å². The van der Waals surface area contributed by atoms with Gasteiger partial charge in [0.1, 0.15) is 12.4 Å². The van der Waals surface area contributed by atoms with Crippen LogP contribution in [-0.2, 0) is 13.1 Å². The summed E-state index contributed by atoms with van der Waals surface area (Å²) in [6.07, 6.45) is -22.9. The molecule has 0 aliphatic rings. The van der Waals surface area contributed by atoms with Gasteiger partial charge in [0, 0.05) is 0 Å². The Morgan fingerprint density at radius 1 is 0.305 bits per heavy atom. The second kappa shape index (κ2) is 14.2. The SMILES string of the molecule is FC(F)(F)C(F)(F)C(F)(F)C(F)(F)C(F)(F)C(F)(F)C(F)(F)C(F)(F)CCn1cc[n+](CCC(F)(F)C(F)(F)C(F)(F)C(F)(F)C(F)(F)C(F)(F)C(F)(F)C(F)(F)F)c1. The van der Waals surface area contributed by atoms with E-state index in [1.807, 2.05) is 0 Å². The molecule has 2 nitrogen and oxygen atoms in total. The molecule has 0 unspecified atom stereocenters. The number of alkyl halides is 34. The van der Waals surface area contributed by atoms with E-state index < -0.39 is 121 Å². The third kappa shape index (κ3) is 7.40. The van der Waals surface area contributed by atoms with E-state index in [4.69, 9.17) is 0 Å². The highest BCUT2D eigenvalue weighted by Gasteiger charge is 2.97. The Kier molecular flexibility index (Phi) is 12.9. The molecule has 0 aliphatic heterocycles. The molecule has 0 atom stereocenters. The number of halogens is 34. The minimum absolute atomic E-state index is 0.0442. The maximum absolute atomic E-state index is 14.1. The molecule has 1 rings (SSSR count). The molecule has 1 heterocycles. The van der Waals surface area contributed by atoms with Gasteiger partial charge in [-0.25, -0.2) is 9.13 Å². The lowest BCUT2D eigenvalue weighted by molar-refractivity contribution is -0.699. The van der Waals surface area contributed by atoms with Crippen molar-refractivity contribution in [2.24, 2.45) is 0 Å². The summed E-state index contributed by atoms with van der Waals surface area (Å²) in [5.74, 6) is -118. The Hall–Kier alpha value is -3.17. The lowest BCUT2D eigenvalue weighted by Gasteiger charge is -2.42. The Morgan fingerprint density at radius 3 is 0.814 bits per heavy atom. The number of imidazole rings is 1. The van der Waals surface area contributed by atoms with E-state index in [1.165, 1.54) is 0 Å². The van der Waals surface area contributed by atoms with Crippen LogP contribution in [0.2, 0.25) is 0 Å². The second-order valence-electron chi connectivity index (χ2n) is 11.7. The zero-order chi connectivity index (χ0) is 48.1. The highest BCUT2D eigenvalue weighted by Crippen LogP contribution is 2.66.